The number of aromatic nitrogens is 3. The highest BCUT2D eigenvalue weighted by Gasteiger charge is 2.21. The van der Waals surface area contributed by atoms with Crippen molar-refractivity contribution < 1.29 is 23.5 Å². The van der Waals surface area contributed by atoms with Gasteiger partial charge < -0.3 is 14.4 Å². The molecule has 1 N–H and O–H groups in total. The van der Waals surface area contributed by atoms with Crippen LogP contribution < -0.4 is 15.0 Å². The van der Waals surface area contributed by atoms with Crippen molar-refractivity contribution in [2.24, 2.45) is 0 Å². The molecule has 0 fully saturated rings. The molecule has 4 rings (SSSR count). The van der Waals surface area contributed by atoms with Crippen LogP contribution >= 0.6 is 0 Å². The van der Waals surface area contributed by atoms with Crippen LogP contribution in [-0.2, 0) is 4.74 Å². The number of methoxy groups -OCH3 is 2. The monoisotopic (exact) mass is 502 g/mol. The molecule has 0 aliphatic carbocycles. The molecule has 11 heteroatoms. The van der Waals surface area contributed by atoms with E-state index in [-0.39, 0.29) is 24.6 Å². The van der Waals surface area contributed by atoms with Gasteiger partial charge in [-0.1, -0.05) is 0 Å². The summed E-state index contributed by atoms with van der Waals surface area (Å²) in [6.07, 6.45) is 4.35. The minimum absolute atomic E-state index is 0.00609. The fourth-order valence-corrected chi connectivity index (χ4v) is 3.84. The van der Waals surface area contributed by atoms with Crippen LogP contribution in [0.3, 0.4) is 0 Å². The normalized spacial score (nSPS) is 10.6. The zero-order valence-corrected chi connectivity index (χ0v) is 20.4. The third kappa shape index (κ3) is 5.18. The molecule has 0 aliphatic heterocycles. The first kappa shape index (κ1) is 25.1. The topological polar surface area (TPSA) is 122 Å². The van der Waals surface area contributed by atoms with E-state index in [1.807, 2.05) is 13.0 Å². The van der Waals surface area contributed by atoms with Gasteiger partial charge in [0, 0.05) is 36.3 Å². The zero-order valence-electron chi connectivity index (χ0n) is 20.4. The van der Waals surface area contributed by atoms with Crippen molar-refractivity contribution in [3.8, 4) is 23.1 Å². The van der Waals surface area contributed by atoms with E-state index in [1.165, 1.54) is 37.3 Å². The number of nitrogens with zero attached hydrogens (tertiary/aromatic N) is 5. The molecular formula is C26H23FN6O4. The van der Waals surface area contributed by atoms with Gasteiger partial charge in [0.05, 0.1) is 44.2 Å². The molecule has 0 saturated carbocycles. The van der Waals surface area contributed by atoms with Crippen molar-refractivity contribution >= 4 is 29.2 Å². The molecule has 188 valence electrons. The maximum absolute atomic E-state index is 14.0. The molecule has 4 aromatic rings. The number of hydrogen-bond acceptors (Lipinski definition) is 7. The van der Waals surface area contributed by atoms with E-state index in [1.54, 1.807) is 41.2 Å². The second kappa shape index (κ2) is 10.7. The van der Waals surface area contributed by atoms with Crippen LogP contribution in [0, 0.1) is 24.1 Å². The van der Waals surface area contributed by atoms with Crippen molar-refractivity contribution in [2.75, 3.05) is 31.0 Å². The molecule has 10 nitrogen and oxygen atoms in total. The third-order valence-corrected chi connectivity index (χ3v) is 5.65. The van der Waals surface area contributed by atoms with Crippen molar-refractivity contribution in [1.82, 2.24) is 14.4 Å². The van der Waals surface area contributed by atoms with Gasteiger partial charge in [-0.05, 0) is 42.8 Å². The first-order valence-electron chi connectivity index (χ1n) is 11.2. The van der Waals surface area contributed by atoms with Crippen LogP contribution in [0.15, 0.2) is 55.0 Å². The Morgan fingerprint density at radius 1 is 1.16 bits per heavy atom. The predicted molar refractivity (Wildman–Crippen MR) is 134 cm³/mol. The number of carbonyl (C=O) groups excluding carboxylic acids is 2. The number of rotatable bonds is 7. The van der Waals surface area contributed by atoms with Crippen molar-refractivity contribution in [1.29, 1.82) is 5.26 Å². The van der Waals surface area contributed by atoms with Crippen LogP contribution in [0.25, 0.3) is 16.9 Å². The number of nitriles is 1. The quantitative estimate of drug-likeness (QED) is 0.392. The fraction of sp³-hybridized carbons (Fsp3) is 0.192. The summed E-state index contributed by atoms with van der Waals surface area (Å²) in [5.41, 5.74) is 3.54. The number of aryl methyl sites for hydroxylation is 1. The third-order valence-electron chi connectivity index (χ3n) is 5.65. The average molecular weight is 503 g/mol. The number of fused-ring (bicyclic) bond motifs is 1. The number of pyridine rings is 2. The molecule has 0 aliphatic rings. The Bertz CT molecular complexity index is 1510. The molecule has 3 aromatic heterocycles. The lowest BCUT2D eigenvalue weighted by Gasteiger charge is -2.23. The zero-order chi connectivity index (χ0) is 26.5. The molecule has 0 spiro atoms. The molecular weight excluding hydrogens is 479 g/mol. The van der Waals surface area contributed by atoms with Gasteiger partial charge in [0.15, 0.2) is 11.6 Å². The van der Waals surface area contributed by atoms with Gasteiger partial charge in [-0.2, -0.15) is 5.26 Å². The minimum Gasteiger partial charge on any atom is -0.494 e. The van der Waals surface area contributed by atoms with Crippen LogP contribution in [0.4, 0.5) is 20.7 Å². The highest BCUT2D eigenvalue weighted by atomic mass is 19.1. The van der Waals surface area contributed by atoms with E-state index >= 15 is 0 Å². The van der Waals surface area contributed by atoms with Gasteiger partial charge in [0.25, 0.3) is 5.91 Å². The number of imidazole rings is 1. The Morgan fingerprint density at radius 2 is 1.97 bits per heavy atom. The molecule has 1 aromatic carbocycles. The maximum atomic E-state index is 14.0. The first-order valence-corrected chi connectivity index (χ1v) is 11.2. The number of halogens is 1. The number of nitrogens with one attached hydrogen (secondary N) is 1. The van der Waals surface area contributed by atoms with E-state index in [0.29, 0.717) is 34.0 Å². The van der Waals surface area contributed by atoms with Crippen molar-refractivity contribution in [3.05, 3.63) is 71.9 Å². The lowest BCUT2D eigenvalue weighted by atomic mass is 10.1. The van der Waals surface area contributed by atoms with Crippen LogP contribution in [0.2, 0.25) is 0 Å². The van der Waals surface area contributed by atoms with Crippen molar-refractivity contribution in [3.63, 3.8) is 0 Å². The van der Waals surface area contributed by atoms with E-state index in [0.717, 1.165) is 5.56 Å². The summed E-state index contributed by atoms with van der Waals surface area (Å²) in [4.78, 5) is 35.2. The van der Waals surface area contributed by atoms with Gasteiger partial charge in [-0.25, -0.2) is 19.2 Å². The Hall–Kier alpha value is -4.98. The molecule has 2 amide bonds. The van der Waals surface area contributed by atoms with E-state index in [4.69, 9.17) is 10.00 Å². The maximum Gasteiger partial charge on any atom is 0.412 e. The summed E-state index contributed by atoms with van der Waals surface area (Å²) in [6, 6.07) is 11.3. The largest absolute Gasteiger partial charge is 0.494 e. The number of amides is 2. The number of benzene rings is 1. The summed E-state index contributed by atoms with van der Waals surface area (Å²) in [6.45, 7) is 1.95. The highest BCUT2D eigenvalue weighted by Crippen LogP contribution is 2.28. The summed E-state index contributed by atoms with van der Waals surface area (Å²) in [5, 5.41) is 11.6. The van der Waals surface area contributed by atoms with Crippen molar-refractivity contribution in [2.45, 2.75) is 13.3 Å². The van der Waals surface area contributed by atoms with E-state index in [2.05, 4.69) is 20.0 Å². The molecule has 0 bridgehead atoms. The van der Waals surface area contributed by atoms with E-state index in [9.17, 15) is 14.0 Å². The second-order valence-electron chi connectivity index (χ2n) is 7.98. The summed E-state index contributed by atoms with van der Waals surface area (Å²) < 4.78 is 25.4. The van der Waals surface area contributed by atoms with Crippen LogP contribution in [0.5, 0.6) is 5.75 Å². The lowest BCUT2D eigenvalue weighted by molar-refractivity contribution is 0.0987. The predicted octanol–water partition coefficient (Wildman–Crippen LogP) is 4.59. The Balaban J connectivity index is 1.73. The standard InChI is InChI=1S/C26H23FN6O4/c1-16-11-18(25(34)32(10-4-9-28)19-6-7-20(27)22(12-19)36-2)15-33-21(14-30-24(16)33)17-5-8-23(29-13-17)31-26(35)37-3/h5-8,11-15H,4,10H2,1-3H3,(H,29,31,35). The average Bonchev–Trinajstić information content (AvgIpc) is 3.34. The molecule has 0 atom stereocenters. The first-order chi connectivity index (χ1) is 17.9. The SMILES string of the molecule is COC(=O)Nc1ccc(-c2cnc3c(C)cc(C(=O)N(CCC#N)c4ccc(F)c(OC)c4)cn23)cn1. The molecule has 3 heterocycles. The second-order valence-corrected chi connectivity index (χ2v) is 7.98. The number of ether oxygens (including phenoxy) is 2. The summed E-state index contributed by atoms with van der Waals surface area (Å²) in [5.74, 6) is -0.613. The van der Waals surface area contributed by atoms with Gasteiger partial charge in [0.1, 0.15) is 11.5 Å². The van der Waals surface area contributed by atoms with Gasteiger partial charge in [0.2, 0.25) is 0 Å². The van der Waals surface area contributed by atoms with E-state index < -0.39 is 11.9 Å². The lowest BCUT2D eigenvalue weighted by Crippen LogP contribution is -2.32. The molecule has 0 unspecified atom stereocenters. The summed E-state index contributed by atoms with van der Waals surface area (Å²) >= 11 is 0. The summed E-state index contributed by atoms with van der Waals surface area (Å²) in [7, 11) is 2.60. The fourth-order valence-electron chi connectivity index (χ4n) is 3.84. The Labute approximate surface area is 211 Å². The van der Waals surface area contributed by atoms with Gasteiger partial charge >= 0.3 is 6.09 Å². The Kier molecular flexibility index (Phi) is 7.29. The minimum atomic E-state index is -0.631. The number of carbonyl (C=O) groups is 2. The Morgan fingerprint density at radius 3 is 2.65 bits per heavy atom. The van der Waals surface area contributed by atoms with Crippen LogP contribution in [-0.4, -0.2) is 47.1 Å². The molecule has 0 saturated heterocycles. The molecule has 0 radical (unpaired) electrons. The highest BCUT2D eigenvalue weighted by molar-refractivity contribution is 6.06. The van der Waals surface area contributed by atoms with Gasteiger partial charge in [-0.15, -0.1) is 0 Å². The van der Waals surface area contributed by atoms with Crippen LogP contribution in [0.1, 0.15) is 22.3 Å². The number of hydrogen-bond donors (Lipinski definition) is 1. The molecule has 37 heavy (non-hydrogen) atoms. The smallest absolute Gasteiger partial charge is 0.412 e. The number of anilines is 2. The van der Waals surface area contributed by atoms with Gasteiger partial charge in [-0.3, -0.25) is 14.5 Å².